The van der Waals surface area contributed by atoms with Gasteiger partial charge in [0, 0.05) is 68.1 Å². The molecule has 5 rings (SSSR count). The molecule has 0 radical (unpaired) electrons. The molecule has 2 aromatic heterocycles. The van der Waals surface area contributed by atoms with E-state index in [4.69, 9.17) is 0 Å². The summed E-state index contributed by atoms with van der Waals surface area (Å²) < 4.78 is 13.4. The number of halogens is 1. The van der Waals surface area contributed by atoms with Crippen LogP contribution < -0.4 is 10.2 Å². The highest BCUT2D eigenvalue weighted by molar-refractivity contribution is 5.91. The number of aryl methyl sites for hydroxylation is 1. The lowest BCUT2D eigenvalue weighted by molar-refractivity contribution is -0.121. The number of hydrogen-bond acceptors (Lipinski definition) is 5. The summed E-state index contributed by atoms with van der Waals surface area (Å²) in [7, 11) is 0. The topological polar surface area (TPSA) is 77.2 Å². The highest BCUT2D eigenvalue weighted by Crippen LogP contribution is 2.31. The number of piperazine rings is 1. The molecule has 0 saturated carbocycles. The molecule has 7 nitrogen and oxygen atoms in total. The third kappa shape index (κ3) is 5.71. The Morgan fingerprint density at radius 3 is 2.50 bits per heavy atom. The molecule has 2 N–H and O–H groups in total. The number of para-hydroxylation sites is 1. The fourth-order valence-corrected chi connectivity index (χ4v) is 4.81. The van der Waals surface area contributed by atoms with Gasteiger partial charge in [-0.05, 0) is 66.9 Å². The van der Waals surface area contributed by atoms with Gasteiger partial charge in [-0.3, -0.25) is 9.69 Å². The minimum atomic E-state index is -0.261. The van der Waals surface area contributed by atoms with Crippen LogP contribution in [0.5, 0.6) is 0 Å². The first-order chi connectivity index (χ1) is 17.7. The van der Waals surface area contributed by atoms with Crippen molar-refractivity contribution >= 4 is 22.8 Å². The summed E-state index contributed by atoms with van der Waals surface area (Å²) in [6.07, 6.45) is 5.50. The quantitative estimate of drug-likeness (QED) is 0.350. The van der Waals surface area contributed by atoms with Gasteiger partial charge < -0.3 is 15.2 Å². The number of amides is 1. The van der Waals surface area contributed by atoms with E-state index in [1.807, 2.05) is 24.3 Å². The van der Waals surface area contributed by atoms with Crippen LogP contribution in [0, 0.1) is 5.82 Å². The van der Waals surface area contributed by atoms with Gasteiger partial charge in [-0.1, -0.05) is 18.2 Å². The first-order valence-electron chi connectivity index (χ1n) is 12.5. The maximum Gasteiger partial charge on any atom is 0.225 e. The van der Waals surface area contributed by atoms with Gasteiger partial charge in [0.2, 0.25) is 11.9 Å². The smallest absolute Gasteiger partial charge is 0.225 e. The van der Waals surface area contributed by atoms with Crippen LogP contribution >= 0.6 is 0 Å². The Bertz CT molecular complexity index is 1280. The van der Waals surface area contributed by atoms with Crippen molar-refractivity contribution in [2.75, 3.05) is 44.2 Å². The van der Waals surface area contributed by atoms with Crippen molar-refractivity contribution in [3.63, 3.8) is 0 Å². The van der Waals surface area contributed by atoms with Crippen molar-refractivity contribution < 1.29 is 9.18 Å². The molecule has 0 spiro atoms. The van der Waals surface area contributed by atoms with E-state index in [1.165, 1.54) is 12.1 Å². The fraction of sp³-hybridized carbons (Fsp3) is 0.321. The number of carbonyl (C=O) groups excluding carboxylic acids is 1. The summed E-state index contributed by atoms with van der Waals surface area (Å²) in [5, 5.41) is 4.18. The number of H-pyrrole nitrogens is 1. The molecule has 36 heavy (non-hydrogen) atoms. The van der Waals surface area contributed by atoms with Crippen LogP contribution in [-0.4, -0.2) is 65.0 Å². The summed E-state index contributed by atoms with van der Waals surface area (Å²) in [5.74, 6) is 0.585. The molecule has 0 unspecified atom stereocenters. The molecule has 1 saturated heterocycles. The summed E-state index contributed by atoms with van der Waals surface area (Å²) in [6.45, 7) is 5.40. The lowest BCUT2D eigenvalue weighted by Crippen LogP contribution is -2.47. The normalized spacial score (nSPS) is 14.3. The lowest BCUT2D eigenvalue weighted by Gasteiger charge is -2.34. The van der Waals surface area contributed by atoms with Crippen LogP contribution in [0.2, 0.25) is 0 Å². The fourth-order valence-electron chi connectivity index (χ4n) is 4.81. The van der Waals surface area contributed by atoms with E-state index in [0.29, 0.717) is 19.4 Å². The Kier molecular flexibility index (Phi) is 7.52. The van der Waals surface area contributed by atoms with E-state index in [1.54, 1.807) is 24.5 Å². The third-order valence-corrected chi connectivity index (χ3v) is 6.73. The number of fused-ring (bicyclic) bond motifs is 1. The monoisotopic (exact) mass is 486 g/mol. The van der Waals surface area contributed by atoms with E-state index < -0.39 is 0 Å². The number of aromatic amines is 1. The van der Waals surface area contributed by atoms with Gasteiger partial charge >= 0.3 is 0 Å². The summed E-state index contributed by atoms with van der Waals surface area (Å²) >= 11 is 0. The molecule has 8 heteroatoms. The Morgan fingerprint density at radius 2 is 1.72 bits per heavy atom. The molecule has 186 valence electrons. The van der Waals surface area contributed by atoms with Gasteiger partial charge in [0.05, 0.1) is 0 Å². The molecule has 1 aliphatic heterocycles. The molecule has 1 aliphatic rings. The zero-order valence-corrected chi connectivity index (χ0v) is 20.3. The number of carbonyl (C=O) groups is 1. The second-order valence-corrected chi connectivity index (χ2v) is 9.11. The van der Waals surface area contributed by atoms with Crippen LogP contribution in [0.4, 0.5) is 10.3 Å². The second-order valence-electron chi connectivity index (χ2n) is 9.11. The van der Waals surface area contributed by atoms with Gasteiger partial charge in [0.25, 0.3) is 0 Å². The maximum absolute atomic E-state index is 13.4. The van der Waals surface area contributed by atoms with Gasteiger partial charge in [-0.2, -0.15) is 0 Å². The highest BCUT2D eigenvalue weighted by Gasteiger charge is 2.18. The Hall–Kier alpha value is -3.78. The zero-order chi connectivity index (χ0) is 24.7. The van der Waals surface area contributed by atoms with Crippen molar-refractivity contribution in [3.05, 3.63) is 78.4 Å². The van der Waals surface area contributed by atoms with E-state index in [-0.39, 0.29) is 11.7 Å². The van der Waals surface area contributed by atoms with Crippen LogP contribution in [-0.2, 0) is 11.2 Å². The standard InChI is InChI=1S/C28H31FN6O/c29-22-9-7-21(8-10-22)27-24(23-5-1-2-6-25(23)33-27)11-12-26(36)30-15-4-16-34-17-19-35(20-18-34)28-31-13-3-14-32-28/h1-3,5-10,13-14,33H,4,11-12,15-20H2,(H,30,36). The van der Waals surface area contributed by atoms with E-state index >= 15 is 0 Å². The minimum absolute atomic E-state index is 0.0522. The molecular formula is C28H31FN6O. The molecule has 3 heterocycles. The molecular weight excluding hydrogens is 455 g/mol. The van der Waals surface area contributed by atoms with Crippen molar-refractivity contribution in [2.24, 2.45) is 0 Å². The Morgan fingerprint density at radius 1 is 0.972 bits per heavy atom. The lowest BCUT2D eigenvalue weighted by atomic mass is 10.0. The number of hydrogen-bond donors (Lipinski definition) is 2. The van der Waals surface area contributed by atoms with Crippen LogP contribution in [0.3, 0.4) is 0 Å². The average molecular weight is 487 g/mol. The first kappa shape index (κ1) is 23.9. The summed E-state index contributed by atoms with van der Waals surface area (Å²) in [6, 6.07) is 16.4. The van der Waals surface area contributed by atoms with Crippen LogP contribution in [0.25, 0.3) is 22.2 Å². The highest BCUT2D eigenvalue weighted by atomic mass is 19.1. The van der Waals surface area contributed by atoms with Crippen molar-refractivity contribution in [1.82, 2.24) is 25.2 Å². The number of benzene rings is 2. The van der Waals surface area contributed by atoms with Gasteiger partial charge in [0.15, 0.2) is 0 Å². The molecule has 1 amide bonds. The van der Waals surface area contributed by atoms with Crippen molar-refractivity contribution in [3.8, 4) is 11.3 Å². The number of anilines is 1. The molecule has 4 aromatic rings. The largest absolute Gasteiger partial charge is 0.356 e. The number of aromatic nitrogens is 3. The van der Waals surface area contributed by atoms with E-state index in [9.17, 15) is 9.18 Å². The van der Waals surface area contributed by atoms with Gasteiger partial charge in [-0.25, -0.2) is 14.4 Å². The first-order valence-corrected chi connectivity index (χ1v) is 12.5. The molecule has 0 bridgehead atoms. The number of rotatable bonds is 9. The zero-order valence-electron chi connectivity index (χ0n) is 20.3. The van der Waals surface area contributed by atoms with Crippen molar-refractivity contribution in [1.29, 1.82) is 0 Å². The number of nitrogens with zero attached hydrogens (tertiary/aromatic N) is 4. The van der Waals surface area contributed by atoms with Crippen LogP contribution in [0.1, 0.15) is 18.4 Å². The maximum atomic E-state index is 13.4. The predicted octanol–water partition coefficient (Wildman–Crippen LogP) is 4.03. The third-order valence-electron chi connectivity index (χ3n) is 6.73. The van der Waals surface area contributed by atoms with Crippen LogP contribution in [0.15, 0.2) is 67.0 Å². The Labute approximate surface area is 210 Å². The predicted molar refractivity (Wildman–Crippen MR) is 140 cm³/mol. The molecule has 0 atom stereocenters. The SMILES string of the molecule is O=C(CCc1c(-c2ccc(F)cc2)[nH]c2ccccc12)NCCCN1CCN(c2ncccn2)CC1. The van der Waals surface area contributed by atoms with E-state index in [2.05, 4.69) is 36.1 Å². The second kappa shape index (κ2) is 11.3. The van der Waals surface area contributed by atoms with Crippen molar-refractivity contribution in [2.45, 2.75) is 19.3 Å². The number of nitrogens with one attached hydrogen (secondary N) is 2. The summed E-state index contributed by atoms with van der Waals surface area (Å²) in [5.41, 5.74) is 3.98. The van der Waals surface area contributed by atoms with Gasteiger partial charge in [0.1, 0.15) is 5.82 Å². The molecule has 1 fully saturated rings. The Balaban J connectivity index is 1.09. The average Bonchev–Trinajstić information content (AvgIpc) is 3.30. The van der Waals surface area contributed by atoms with Gasteiger partial charge in [-0.15, -0.1) is 0 Å². The molecule has 2 aromatic carbocycles. The minimum Gasteiger partial charge on any atom is -0.356 e. The molecule has 0 aliphatic carbocycles. The van der Waals surface area contributed by atoms with E-state index in [0.717, 1.165) is 72.8 Å². The summed E-state index contributed by atoms with van der Waals surface area (Å²) in [4.78, 5) is 29.4.